The van der Waals surface area contributed by atoms with E-state index < -0.39 is 11.7 Å². The lowest BCUT2D eigenvalue weighted by atomic mass is 10.1. The number of benzene rings is 1. The van der Waals surface area contributed by atoms with Crippen molar-refractivity contribution in [3.8, 4) is 11.8 Å². The molecular weight excluding hydrogens is 231 g/mol. The van der Waals surface area contributed by atoms with E-state index in [0.717, 1.165) is 25.0 Å². The third-order valence-corrected chi connectivity index (χ3v) is 2.55. The smallest absolute Gasteiger partial charge is 0.416 e. The topological polar surface area (TPSA) is 33.0 Å². The summed E-state index contributed by atoms with van der Waals surface area (Å²) in [6.45, 7) is 0.423. The van der Waals surface area contributed by atoms with Gasteiger partial charge in [-0.05, 0) is 37.0 Å². The van der Waals surface area contributed by atoms with E-state index in [1.165, 1.54) is 6.07 Å². The molecule has 0 bridgehead atoms. The lowest BCUT2D eigenvalue weighted by Crippen LogP contribution is -2.07. The maximum atomic E-state index is 12.5. The molecule has 0 atom stereocenters. The summed E-state index contributed by atoms with van der Waals surface area (Å²) in [4.78, 5) is 0. The zero-order valence-corrected chi connectivity index (χ0v) is 8.92. The van der Waals surface area contributed by atoms with Gasteiger partial charge in [-0.3, -0.25) is 0 Å². The lowest BCUT2D eigenvalue weighted by molar-refractivity contribution is -0.137. The van der Waals surface area contributed by atoms with E-state index in [9.17, 15) is 13.2 Å². The molecule has 0 saturated heterocycles. The Labute approximate surface area is 96.6 Å². The lowest BCUT2D eigenvalue weighted by Gasteiger charge is -2.10. The van der Waals surface area contributed by atoms with E-state index in [1.807, 2.05) is 0 Å². The molecule has 0 unspecified atom stereocenters. The van der Waals surface area contributed by atoms with Crippen LogP contribution in [0.25, 0.3) is 0 Å². The Hall–Kier alpha value is -1.70. The van der Waals surface area contributed by atoms with Gasteiger partial charge in [-0.1, -0.05) is 0 Å². The summed E-state index contributed by atoms with van der Waals surface area (Å²) < 4.78 is 42.8. The summed E-state index contributed by atoms with van der Waals surface area (Å²) in [6.07, 6.45) is -2.33. The highest BCUT2D eigenvalue weighted by molar-refractivity contribution is 5.41. The number of ether oxygens (including phenoxy) is 1. The molecule has 2 nitrogen and oxygen atoms in total. The highest BCUT2D eigenvalue weighted by Crippen LogP contribution is 2.34. The van der Waals surface area contributed by atoms with E-state index in [0.29, 0.717) is 12.5 Å². The van der Waals surface area contributed by atoms with Crippen LogP contribution in [0.15, 0.2) is 18.2 Å². The average molecular weight is 241 g/mol. The van der Waals surface area contributed by atoms with Crippen molar-refractivity contribution in [2.75, 3.05) is 6.61 Å². The summed E-state index contributed by atoms with van der Waals surface area (Å²) >= 11 is 0. The van der Waals surface area contributed by atoms with Crippen molar-refractivity contribution in [1.82, 2.24) is 0 Å². The van der Waals surface area contributed by atoms with Crippen molar-refractivity contribution < 1.29 is 17.9 Å². The summed E-state index contributed by atoms with van der Waals surface area (Å²) in [5, 5.41) is 8.67. The highest BCUT2D eigenvalue weighted by atomic mass is 19.4. The van der Waals surface area contributed by atoms with Crippen LogP contribution in [0, 0.1) is 17.2 Å². The average Bonchev–Trinajstić information content (AvgIpc) is 3.08. The SMILES string of the molecule is N#Cc1cc(OCC2CC2)cc(C(F)(F)F)c1. The number of nitriles is 1. The number of nitrogens with zero attached hydrogens (tertiary/aromatic N) is 1. The van der Waals surface area contributed by atoms with E-state index in [4.69, 9.17) is 10.00 Å². The van der Waals surface area contributed by atoms with Crippen LogP contribution in [0.4, 0.5) is 13.2 Å². The van der Waals surface area contributed by atoms with E-state index in [1.54, 1.807) is 6.07 Å². The van der Waals surface area contributed by atoms with Crippen LogP contribution in [-0.2, 0) is 6.18 Å². The fourth-order valence-electron chi connectivity index (χ4n) is 1.41. The number of hydrogen-bond donors (Lipinski definition) is 0. The monoisotopic (exact) mass is 241 g/mol. The molecule has 0 radical (unpaired) electrons. The molecular formula is C12H10F3NO. The largest absolute Gasteiger partial charge is 0.493 e. The standard InChI is InChI=1S/C12H10F3NO/c13-12(14,15)10-3-9(6-16)4-11(5-10)17-7-8-1-2-8/h3-5,8H,1-2,7H2. The van der Waals surface area contributed by atoms with Gasteiger partial charge in [0, 0.05) is 0 Å². The van der Waals surface area contributed by atoms with E-state index in [-0.39, 0.29) is 11.3 Å². The molecule has 0 amide bonds. The second-order valence-corrected chi connectivity index (χ2v) is 4.11. The van der Waals surface area contributed by atoms with Crippen LogP contribution < -0.4 is 4.74 Å². The molecule has 90 valence electrons. The Morgan fingerprint density at radius 2 is 2.00 bits per heavy atom. The van der Waals surface area contributed by atoms with Crippen molar-refractivity contribution in [2.24, 2.45) is 5.92 Å². The number of halogens is 3. The van der Waals surface area contributed by atoms with Crippen molar-refractivity contribution in [2.45, 2.75) is 19.0 Å². The first kappa shape index (κ1) is 11.8. The van der Waals surface area contributed by atoms with Gasteiger partial charge < -0.3 is 4.74 Å². The minimum absolute atomic E-state index is 0.0365. The first-order valence-electron chi connectivity index (χ1n) is 5.24. The molecule has 0 N–H and O–H groups in total. The molecule has 0 spiro atoms. The molecule has 2 rings (SSSR count). The Kier molecular flexibility index (Phi) is 2.97. The minimum Gasteiger partial charge on any atom is -0.493 e. The summed E-state index contributed by atoms with van der Waals surface area (Å²) in [5.41, 5.74) is -0.882. The summed E-state index contributed by atoms with van der Waals surface area (Å²) in [7, 11) is 0. The molecule has 0 aromatic heterocycles. The quantitative estimate of drug-likeness (QED) is 0.812. The van der Waals surface area contributed by atoms with Crippen LogP contribution in [0.1, 0.15) is 24.0 Å². The van der Waals surface area contributed by atoms with Gasteiger partial charge in [0.25, 0.3) is 0 Å². The number of alkyl halides is 3. The molecule has 1 aromatic carbocycles. The summed E-state index contributed by atoms with van der Waals surface area (Å²) in [5.74, 6) is 0.568. The van der Waals surface area contributed by atoms with E-state index >= 15 is 0 Å². The molecule has 0 heterocycles. The van der Waals surface area contributed by atoms with Gasteiger partial charge in [0.2, 0.25) is 0 Å². The van der Waals surface area contributed by atoms with Gasteiger partial charge in [-0.25, -0.2) is 0 Å². The first-order valence-corrected chi connectivity index (χ1v) is 5.24. The Balaban J connectivity index is 2.21. The molecule has 1 fully saturated rings. The zero-order valence-electron chi connectivity index (χ0n) is 8.92. The second kappa shape index (κ2) is 4.28. The van der Waals surface area contributed by atoms with Crippen LogP contribution in [0.3, 0.4) is 0 Å². The predicted octanol–water partition coefficient (Wildman–Crippen LogP) is 3.37. The number of hydrogen-bond acceptors (Lipinski definition) is 2. The Bertz CT molecular complexity index is 458. The van der Waals surface area contributed by atoms with Crippen molar-refractivity contribution >= 4 is 0 Å². The molecule has 1 aliphatic rings. The van der Waals surface area contributed by atoms with Crippen molar-refractivity contribution in [3.63, 3.8) is 0 Å². The van der Waals surface area contributed by atoms with E-state index in [2.05, 4.69) is 0 Å². The van der Waals surface area contributed by atoms with Gasteiger partial charge in [-0.2, -0.15) is 18.4 Å². The van der Waals surface area contributed by atoms with Crippen LogP contribution >= 0.6 is 0 Å². The molecule has 1 saturated carbocycles. The normalized spacial score (nSPS) is 15.4. The molecule has 5 heteroatoms. The fourth-order valence-corrected chi connectivity index (χ4v) is 1.41. The third-order valence-electron chi connectivity index (χ3n) is 2.55. The predicted molar refractivity (Wildman–Crippen MR) is 54.4 cm³/mol. The minimum atomic E-state index is -4.45. The number of rotatable bonds is 3. The second-order valence-electron chi connectivity index (χ2n) is 4.11. The maximum Gasteiger partial charge on any atom is 0.416 e. The van der Waals surface area contributed by atoms with Crippen LogP contribution in [0.2, 0.25) is 0 Å². The van der Waals surface area contributed by atoms with Crippen LogP contribution in [-0.4, -0.2) is 6.61 Å². The molecule has 1 aromatic rings. The van der Waals surface area contributed by atoms with Crippen LogP contribution in [0.5, 0.6) is 5.75 Å². The van der Waals surface area contributed by atoms with Gasteiger partial charge in [0.15, 0.2) is 0 Å². The fraction of sp³-hybridized carbons (Fsp3) is 0.417. The van der Waals surface area contributed by atoms with Gasteiger partial charge in [-0.15, -0.1) is 0 Å². The van der Waals surface area contributed by atoms with Crippen molar-refractivity contribution in [1.29, 1.82) is 5.26 Å². The zero-order chi connectivity index (χ0) is 12.5. The first-order chi connectivity index (χ1) is 7.99. The molecule has 0 aliphatic heterocycles. The summed E-state index contributed by atoms with van der Waals surface area (Å²) in [6, 6.07) is 4.79. The Morgan fingerprint density at radius 1 is 1.29 bits per heavy atom. The third kappa shape index (κ3) is 3.13. The highest BCUT2D eigenvalue weighted by Gasteiger charge is 2.31. The molecule has 17 heavy (non-hydrogen) atoms. The Morgan fingerprint density at radius 3 is 2.53 bits per heavy atom. The van der Waals surface area contributed by atoms with Crippen molar-refractivity contribution in [3.05, 3.63) is 29.3 Å². The molecule has 1 aliphatic carbocycles. The van der Waals surface area contributed by atoms with Gasteiger partial charge >= 0.3 is 6.18 Å². The van der Waals surface area contributed by atoms with Gasteiger partial charge in [0.05, 0.1) is 23.8 Å². The van der Waals surface area contributed by atoms with Gasteiger partial charge in [0.1, 0.15) is 5.75 Å². The maximum absolute atomic E-state index is 12.5.